The van der Waals surface area contributed by atoms with Crippen molar-refractivity contribution in [2.45, 2.75) is 65.3 Å². The summed E-state index contributed by atoms with van der Waals surface area (Å²) in [5, 5.41) is 14.1. The molecule has 27 heavy (non-hydrogen) atoms. The highest BCUT2D eigenvalue weighted by Gasteiger charge is 2.63. The molecule has 0 saturated carbocycles. The van der Waals surface area contributed by atoms with E-state index in [4.69, 9.17) is 4.74 Å². The lowest BCUT2D eigenvalue weighted by molar-refractivity contribution is -0.302. The van der Waals surface area contributed by atoms with Crippen LogP contribution in [0.4, 0.5) is 13.2 Å². The minimum absolute atomic E-state index is 0.136. The molecule has 1 aliphatic rings. The molecule has 1 amide bonds. The van der Waals surface area contributed by atoms with Gasteiger partial charge in [0.2, 0.25) is 0 Å². The van der Waals surface area contributed by atoms with E-state index in [0.29, 0.717) is 18.6 Å². The fourth-order valence-corrected chi connectivity index (χ4v) is 3.21. The van der Waals surface area contributed by atoms with Crippen molar-refractivity contribution >= 4 is 11.6 Å². The topological polar surface area (TPSA) is 62.1 Å². The van der Waals surface area contributed by atoms with Gasteiger partial charge in [-0.15, -0.1) is 0 Å². The summed E-state index contributed by atoms with van der Waals surface area (Å²) in [6.07, 6.45) is -4.05. The van der Waals surface area contributed by atoms with E-state index in [2.05, 4.69) is 5.10 Å². The first-order valence-electron chi connectivity index (χ1n) is 8.88. The van der Waals surface area contributed by atoms with Crippen LogP contribution in [0.15, 0.2) is 17.2 Å². The van der Waals surface area contributed by atoms with Gasteiger partial charge in [0.1, 0.15) is 5.75 Å². The van der Waals surface area contributed by atoms with Crippen molar-refractivity contribution in [3.8, 4) is 5.75 Å². The van der Waals surface area contributed by atoms with Gasteiger partial charge in [0, 0.05) is 12.1 Å². The highest BCUT2D eigenvalue weighted by molar-refractivity contribution is 5.91. The second-order valence-corrected chi connectivity index (χ2v) is 6.98. The Balaban J connectivity index is 2.20. The zero-order chi connectivity index (χ0) is 20.4. The van der Waals surface area contributed by atoms with Crippen LogP contribution in [0.1, 0.15) is 49.3 Å². The Morgan fingerprint density at radius 1 is 1.30 bits per heavy atom. The molecule has 1 atom stereocenters. The van der Waals surface area contributed by atoms with Crippen molar-refractivity contribution in [3.05, 3.63) is 28.8 Å². The highest BCUT2D eigenvalue weighted by atomic mass is 19.4. The van der Waals surface area contributed by atoms with Crippen LogP contribution in [0.3, 0.4) is 0 Å². The van der Waals surface area contributed by atoms with Crippen molar-refractivity contribution in [3.63, 3.8) is 0 Å². The monoisotopic (exact) mass is 386 g/mol. The molecule has 0 fully saturated rings. The number of rotatable bonds is 6. The number of unbranched alkanes of at least 4 members (excludes halogenated alkanes) is 1. The highest BCUT2D eigenvalue weighted by Crippen LogP contribution is 2.41. The Kier molecular flexibility index (Phi) is 6.19. The number of carbonyl (C=O) groups excluding carboxylic acids is 1. The maximum absolute atomic E-state index is 13.4. The standard InChI is InChI=1S/C19H25F3N2O3/c1-5-6-7-15-10-18(26,19(20,21)22)24(23-15)16(25)11-27-17-13(3)8-12(2)9-14(17)4/h8-9,26H,5-7,10-11H2,1-4H3/t18-/m1/s1. The molecule has 1 heterocycles. The SMILES string of the molecule is CCCCC1=NN(C(=O)COc2c(C)cc(C)cc2C)[C@](O)(C(F)(F)F)C1. The number of hydrogen-bond donors (Lipinski definition) is 1. The van der Waals surface area contributed by atoms with Gasteiger partial charge in [0.05, 0.1) is 0 Å². The number of carbonyl (C=O) groups is 1. The number of amides is 1. The first-order valence-corrected chi connectivity index (χ1v) is 8.88. The van der Waals surface area contributed by atoms with E-state index in [0.717, 1.165) is 23.1 Å². The average molecular weight is 386 g/mol. The van der Waals surface area contributed by atoms with Gasteiger partial charge in [-0.3, -0.25) is 4.79 Å². The summed E-state index contributed by atoms with van der Waals surface area (Å²) >= 11 is 0. The van der Waals surface area contributed by atoms with Gasteiger partial charge in [-0.2, -0.15) is 23.3 Å². The fraction of sp³-hybridized carbons (Fsp3) is 0.579. The molecule has 0 radical (unpaired) electrons. The van der Waals surface area contributed by atoms with Crippen molar-refractivity contribution in [2.75, 3.05) is 6.61 Å². The summed E-state index contributed by atoms with van der Waals surface area (Å²) in [7, 11) is 0. The second-order valence-electron chi connectivity index (χ2n) is 6.98. The summed E-state index contributed by atoms with van der Waals surface area (Å²) < 4.78 is 45.8. The molecule has 0 aliphatic carbocycles. The number of aliphatic hydroxyl groups is 1. The average Bonchev–Trinajstić information content (AvgIpc) is 2.89. The molecular weight excluding hydrogens is 361 g/mol. The van der Waals surface area contributed by atoms with E-state index in [1.54, 1.807) is 13.8 Å². The maximum Gasteiger partial charge on any atom is 0.438 e. The largest absolute Gasteiger partial charge is 0.483 e. The number of nitrogens with zero attached hydrogens (tertiary/aromatic N) is 2. The lowest BCUT2D eigenvalue weighted by atomic mass is 10.0. The third-order valence-corrected chi connectivity index (χ3v) is 4.50. The van der Waals surface area contributed by atoms with Gasteiger partial charge in [0.15, 0.2) is 6.61 Å². The van der Waals surface area contributed by atoms with Crippen LogP contribution in [0.2, 0.25) is 0 Å². The van der Waals surface area contributed by atoms with Gasteiger partial charge in [-0.1, -0.05) is 31.0 Å². The van der Waals surface area contributed by atoms with E-state index in [9.17, 15) is 23.1 Å². The molecule has 0 aromatic heterocycles. The quantitative estimate of drug-likeness (QED) is 0.803. The first kappa shape index (κ1) is 21.2. The van der Waals surface area contributed by atoms with Crippen LogP contribution in [-0.4, -0.2) is 40.2 Å². The Morgan fingerprint density at radius 2 is 1.89 bits per heavy atom. The number of alkyl halides is 3. The molecule has 1 N–H and O–H groups in total. The number of ether oxygens (including phenoxy) is 1. The molecule has 2 rings (SSSR count). The van der Waals surface area contributed by atoms with Crippen molar-refractivity contribution < 1.29 is 27.8 Å². The Hall–Kier alpha value is -2.09. The number of aryl methyl sites for hydroxylation is 3. The molecule has 1 aliphatic heterocycles. The summed E-state index contributed by atoms with van der Waals surface area (Å²) in [6, 6.07) is 3.71. The van der Waals surface area contributed by atoms with Crippen LogP contribution in [-0.2, 0) is 4.79 Å². The normalized spacial score (nSPS) is 20.0. The minimum atomic E-state index is -5.02. The molecular formula is C19H25F3N2O3. The first-order chi connectivity index (χ1) is 12.5. The molecule has 5 nitrogen and oxygen atoms in total. The maximum atomic E-state index is 13.4. The minimum Gasteiger partial charge on any atom is -0.483 e. The summed E-state index contributed by atoms with van der Waals surface area (Å²) in [5.41, 5.74) is -0.596. The Morgan fingerprint density at radius 3 is 2.41 bits per heavy atom. The molecule has 0 saturated heterocycles. The van der Waals surface area contributed by atoms with Crippen LogP contribution in [0.5, 0.6) is 5.75 Å². The van der Waals surface area contributed by atoms with E-state index in [-0.39, 0.29) is 10.7 Å². The van der Waals surface area contributed by atoms with Crippen molar-refractivity contribution in [1.82, 2.24) is 5.01 Å². The van der Waals surface area contributed by atoms with Crippen LogP contribution in [0.25, 0.3) is 0 Å². The third-order valence-electron chi connectivity index (χ3n) is 4.50. The number of benzene rings is 1. The Bertz CT molecular complexity index is 723. The molecule has 1 aromatic carbocycles. The smallest absolute Gasteiger partial charge is 0.438 e. The predicted molar refractivity (Wildman–Crippen MR) is 95.6 cm³/mol. The van der Waals surface area contributed by atoms with Crippen molar-refractivity contribution in [1.29, 1.82) is 0 Å². The summed E-state index contributed by atoms with van der Waals surface area (Å²) in [4.78, 5) is 12.4. The Labute approximate surface area is 156 Å². The molecule has 150 valence electrons. The summed E-state index contributed by atoms with van der Waals surface area (Å²) in [6.45, 7) is 6.75. The van der Waals surface area contributed by atoms with E-state index in [1.807, 2.05) is 26.0 Å². The molecule has 0 spiro atoms. The third kappa shape index (κ3) is 4.43. The lowest BCUT2D eigenvalue weighted by Crippen LogP contribution is -2.57. The predicted octanol–water partition coefficient (Wildman–Crippen LogP) is 4.02. The van der Waals surface area contributed by atoms with E-state index < -0.39 is 30.8 Å². The van der Waals surface area contributed by atoms with E-state index >= 15 is 0 Å². The summed E-state index contributed by atoms with van der Waals surface area (Å²) in [5.74, 6) is -0.598. The van der Waals surface area contributed by atoms with Gasteiger partial charge in [-0.25, -0.2) is 0 Å². The van der Waals surface area contributed by atoms with Gasteiger partial charge in [-0.05, 0) is 44.7 Å². The second kappa shape index (κ2) is 7.88. The fourth-order valence-electron chi connectivity index (χ4n) is 3.21. The molecule has 0 unspecified atom stereocenters. The van der Waals surface area contributed by atoms with Crippen LogP contribution in [0, 0.1) is 20.8 Å². The number of halogens is 3. The number of hydrazone groups is 1. The van der Waals surface area contributed by atoms with Crippen molar-refractivity contribution in [2.24, 2.45) is 5.10 Å². The van der Waals surface area contributed by atoms with Gasteiger partial charge in [0.25, 0.3) is 11.6 Å². The van der Waals surface area contributed by atoms with Crippen LogP contribution >= 0.6 is 0 Å². The van der Waals surface area contributed by atoms with Gasteiger partial charge >= 0.3 is 6.18 Å². The zero-order valence-electron chi connectivity index (χ0n) is 16.0. The zero-order valence-corrected chi connectivity index (χ0v) is 16.0. The molecule has 0 bridgehead atoms. The number of hydrogen-bond acceptors (Lipinski definition) is 4. The molecule has 1 aromatic rings. The molecule has 8 heteroatoms. The van der Waals surface area contributed by atoms with Gasteiger partial charge < -0.3 is 9.84 Å². The lowest BCUT2D eigenvalue weighted by Gasteiger charge is -2.32. The van der Waals surface area contributed by atoms with Crippen LogP contribution < -0.4 is 4.74 Å². The van der Waals surface area contributed by atoms with E-state index in [1.165, 1.54) is 0 Å².